The van der Waals surface area contributed by atoms with Gasteiger partial charge in [-0.05, 0) is 44.9 Å². The van der Waals surface area contributed by atoms with Gasteiger partial charge in [-0.1, -0.05) is 17.7 Å². The van der Waals surface area contributed by atoms with Crippen LogP contribution in [0.3, 0.4) is 0 Å². The fourth-order valence-electron chi connectivity index (χ4n) is 1.87. The summed E-state index contributed by atoms with van der Waals surface area (Å²) < 4.78 is 5.18. The van der Waals surface area contributed by atoms with Crippen LogP contribution in [0.2, 0.25) is 5.02 Å². The van der Waals surface area contributed by atoms with E-state index in [2.05, 4.69) is 5.32 Å². The summed E-state index contributed by atoms with van der Waals surface area (Å²) in [6.45, 7) is 5.43. The number of carbonyl (C=O) groups is 1. The van der Waals surface area contributed by atoms with Crippen molar-refractivity contribution >= 4 is 23.4 Å². The molecule has 0 radical (unpaired) electrons. The molecule has 0 aromatic heterocycles. The number of hydrogen-bond acceptors (Lipinski definition) is 3. The highest BCUT2D eigenvalue weighted by atomic mass is 35.5. The van der Waals surface area contributed by atoms with Gasteiger partial charge in [-0.3, -0.25) is 5.32 Å². The Labute approximate surface area is 118 Å². The third-order valence-corrected chi connectivity index (χ3v) is 3.21. The SMILES string of the molecule is CC(C)(C)OC(=O)Nc1ccc(C2CC2N)cc1Cl. The second-order valence-corrected chi connectivity index (χ2v) is 6.28. The molecule has 1 aliphatic carbocycles. The van der Waals surface area contributed by atoms with Crippen LogP contribution in [0.4, 0.5) is 10.5 Å². The second kappa shape index (κ2) is 5.02. The molecule has 0 bridgehead atoms. The van der Waals surface area contributed by atoms with Crippen molar-refractivity contribution in [2.24, 2.45) is 5.73 Å². The summed E-state index contributed by atoms with van der Waals surface area (Å²) >= 11 is 6.15. The minimum absolute atomic E-state index is 0.237. The van der Waals surface area contributed by atoms with Crippen LogP contribution in [-0.4, -0.2) is 17.7 Å². The van der Waals surface area contributed by atoms with E-state index in [1.54, 1.807) is 6.07 Å². The highest BCUT2D eigenvalue weighted by Gasteiger charge is 2.35. The summed E-state index contributed by atoms with van der Waals surface area (Å²) in [4.78, 5) is 11.7. The van der Waals surface area contributed by atoms with E-state index in [4.69, 9.17) is 22.1 Å². The lowest BCUT2D eigenvalue weighted by atomic mass is 10.1. The predicted octanol–water partition coefficient (Wildman–Crippen LogP) is 3.50. The zero-order valence-electron chi connectivity index (χ0n) is 11.4. The summed E-state index contributed by atoms with van der Waals surface area (Å²) in [6.07, 6.45) is 0.486. The van der Waals surface area contributed by atoms with Crippen LogP contribution in [-0.2, 0) is 4.74 Å². The lowest BCUT2D eigenvalue weighted by Crippen LogP contribution is -2.27. The maximum Gasteiger partial charge on any atom is 0.412 e. The van der Waals surface area contributed by atoms with E-state index in [-0.39, 0.29) is 6.04 Å². The molecule has 0 aliphatic heterocycles. The number of rotatable bonds is 2. The van der Waals surface area contributed by atoms with Gasteiger partial charge < -0.3 is 10.5 Å². The van der Waals surface area contributed by atoms with Gasteiger partial charge in [-0.2, -0.15) is 0 Å². The lowest BCUT2D eigenvalue weighted by Gasteiger charge is -2.20. The van der Waals surface area contributed by atoms with E-state index in [1.165, 1.54) is 0 Å². The number of amides is 1. The summed E-state index contributed by atoms with van der Waals surface area (Å²) in [7, 11) is 0. The smallest absolute Gasteiger partial charge is 0.412 e. The van der Waals surface area contributed by atoms with E-state index in [9.17, 15) is 4.79 Å². The topological polar surface area (TPSA) is 64.3 Å². The predicted molar refractivity (Wildman–Crippen MR) is 76.6 cm³/mol. The molecule has 1 saturated carbocycles. The van der Waals surface area contributed by atoms with Crippen molar-refractivity contribution in [2.45, 2.75) is 44.8 Å². The third-order valence-electron chi connectivity index (χ3n) is 2.90. The molecule has 3 N–H and O–H groups in total. The molecule has 4 nitrogen and oxygen atoms in total. The fraction of sp³-hybridized carbons (Fsp3) is 0.500. The highest BCUT2D eigenvalue weighted by molar-refractivity contribution is 6.33. The fourth-order valence-corrected chi connectivity index (χ4v) is 2.11. The first-order chi connectivity index (χ1) is 8.76. The zero-order chi connectivity index (χ0) is 14.2. The number of ether oxygens (including phenoxy) is 1. The molecule has 2 atom stereocenters. The Morgan fingerprint density at radius 2 is 2.11 bits per heavy atom. The van der Waals surface area contributed by atoms with Crippen LogP contribution in [0, 0.1) is 0 Å². The molecule has 2 unspecified atom stereocenters. The number of benzene rings is 1. The summed E-state index contributed by atoms with van der Waals surface area (Å²) in [6, 6.07) is 5.81. The molecule has 2 rings (SSSR count). The normalized spacial score (nSPS) is 21.9. The Morgan fingerprint density at radius 3 is 2.58 bits per heavy atom. The number of anilines is 1. The van der Waals surface area contributed by atoms with Crippen molar-refractivity contribution < 1.29 is 9.53 Å². The number of halogens is 1. The minimum atomic E-state index is -0.530. The third kappa shape index (κ3) is 3.85. The van der Waals surface area contributed by atoms with Crippen molar-refractivity contribution in [2.75, 3.05) is 5.32 Å². The monoisotopic (exact) mass is 282 g/mol. The molecule has 1 fully saturated rings. The number of carbonyl (C=O) groups excluding carboxylic acids is 1. The quantitative estimate of drug-likeness (QED) is 0.872. The summed E-state index contributed by atoms with van der Waals surface area (Å²) in [5.74, 6) is 0.396. The van der Waals surface area contributed by atoms with Gasteiger partial charge in [0.05, 0.1) is 10.7 Å². The van der Waals surface area contributed by atoms with Gasteiger partial charge >= 0.3 is 6.09 Å². The molecular formula is C14H19ClN2O2. The van der Waals surface area contributed by atoms with Gasteiger partial charge in [0.15, 0.2) is 0 Å². The molecule has 1 amide bonds. The lowest BCUT2D eigenvalue weighted by molar-refractivity contribution is 0.0636. The second-order valence-electron chi connectivity index (χ2n) is 5.87. The average Bonchev–Trinajstić information content (AvgIpc) is 2.96. The summed E-state index contributed by atoms with van der Waals surface area (Å²) in [5.41, 5.74) is 6.94. The van der Waals surface area contributed by atoms with E-state index in [0.717, 1.165) is 12.0 Å². The van der Waals surface area contributed by atoms with E-state index < -0.39 is 11.7 Å². The van der Waals surface area contributed by atoms with Crippen LogP contribution in [0.1, 0.15) is 38.7 Å². The van der Waals surface area contributed by atoms with E-state index >= 15 is 0 Å². The van der Waals surface area contributed by atoms with Gasteiger partial charge in [0, 0.05) is 12.0 Å². The molecule has 0 heterocycles. The Morgan fingerprint density at radius 1 is 1.47 bits per heavy atom. The average molecular weight is 283 g/mol. The Balaban J connectivity index is 2.03. The van der Waals surface area contributed by atoms with Crippen molar-refractivity contribution in [1.29, 1.82) is 0 Å². The van der Waals surface area contributed by atoms with Crippen LogP contribution in [0.5, 0.6) is 0 Å². The zero-order valence-corrected chi connectivity index (χ0v) is 12.1. The van der Waals surface area contributed by atoms with E-state index in [1.807, 2.05) is 32.9 Å². The minimum Gasteiger partial charge on any atom is -0.444 e. The molecule has 104 valence electrons. The first-order valence-electron chi connectivity index (χ1n) is 6.31. The molecule has 1 aliphatic rings. The Hall–Kier alpha value is -1.26. The van der Waals surface area contributed by atoms with Gasteiger partial charge in [0.2, 0.25) is 0 Å². The van der Waals surface area contributed by atoms with E-state index in [0.29, 0.717) is 16.6 Å². The number of nitrogens with one attached hydrogen (secondary N) is 1. The molecule has 5 heteroatoms. The summed E-state index contributed by atoms with van der Waals surface area (Å²) in [5, 5.41) is 3.14. The van der Waals surface area contributed by atoms with Crippen molar-refractivity contribution in [3.63, 3.8) is 0 Å². The van der Waals surface area contributed by atoms with Gasteiger partial charge in [0.25, 0.3) is 0 Å². The van der Waals surface area contributed by atoms with Crippen molar-refractivity contribution in [3.05, 3.63) is 28.8 Å². The molecule has 19 heavy (non-hydrogen) atoms. The Kier molecular flexibility index (Phi) is 3.74. The molecule has 0 saturated heterocycles. The van der Waals surface area contributed by atoms with Crippen LogP contribution in [0.25, 0.3) is 0 Å². The van der Waals surface area contributed by atoms with Crippen molar-refractivity contribution in [1.82, 2.24) is 0 Å². The maximum absolute atomic E-state index is 11.7. The van der Waals surface area contributed by atoms with Gasteiger partial charge in [0.1, 0.15) is 5.60 Å². The molecular weight excluding hydrogens is 264 g/mol. The van der Waals surface area contributed by atoms with Gasteiger partial charge in [-0.15, -0.1) is 0 Å². The van der Waals surface area contributed by atoms with Gasteiger partial charge in [-0.25, -0.2) is 4.79 Å². The number of hydrogen-bond donors (Lipinski definition) is 2. The molecule has 1 aromatic rings. The standard InChI is InChI=1S/C14H19ClN2O2/c1-14(2,3)19-13(18)17-12-5-4-8(6-10(12)15)9-7-11(9)16/h4-6,9,11H,7,16H2,1-3H3,(H,17,18). The molecule has 0 spiro atoms. The first kappa shape index (κ1) is 14.2. The molecule has 1 aromatic carbocycles. The first-order valence-corrected chi connectivity index (χ1v) is 6.69. The number of nitrogens with two attached hydrogens (primary N) is 1. The van der Waals surface area contributed by atoms with Crippen LogP contribution < -0.4 is 11.1 Å². The largest absolute Gasteiger partial charge is 0.444 e. The highest BCUT2D eigenvalue weighted by Crippen LogP contribution is 2.40. The van der Waals surface area contributed by atoms with Crippen LogP contribution >= 0.6 is 11.6 Å². The Bertz CT molecular complexity index is 497. The van der Waals surface area contributed by atoms with Crippen molar-refractivity contribution in [3.8, 4) is 0 Å². The van der Waals surface area contributed by atoms with Crippen LogP contribution in [0.15, 0.2) is 18.2 Å². The maximum atomic E-state index is 11.7.